The van der Waals surface area contributed by atoms with E-state index in [4.69, 9.17) is 4.74 Å². The summed E-state index contributed by atoms with van der Waals surface area (Å²) in [7, 11) is 0. The Hall–Kier alpha value is -1.13. The van der Waals surface area contributed by atoms with Gasteiger partial charge in [0, 0.05) is 19.3 Å². The van der Waals surface area contributed by atoms with Gasteiger partial charge in [-0.15, -0.1) is 0 Å². The average Bonchev–Trinajstić information content (AvgIpc) is 2.27. The molecule has 1 N–H and O–H groups in total. The van der Waals surface area contributed by atoms with Crippen LogP contribution in [-0.2, 0) is 4.74 Å². The second-order valence-corrected chi connectivity index (χ2v) is 5.25. The number of morpholine rings is 1. The molecule has 1 aromatic rings. The van der Waals surface area contributed by atoms with E-state index < -0.39 is 0 Å². The average molecular weight is 236 g/mol. The standard InChI is InChI=1S/C13H20N2O2/c1-10-4-5-14-12(6-10)15-7-11(8-16)17-13(2,3)9-15/h4-6,11,16H,7-9H2,1-3H3. The smallest absolute Gasteiger partial charge is 0.128 e. The number of hydrogen-bond donors (Lipinski definition) is 1. The molecule has 0 spiro atoms. The first-order valence-electron chi connectivity index (χ1n) is 5.96. The molecule has 1 atom stereocenters. The summed E-state index contributed by atoms with van der Waals surface area (Å²) in [5, 5.41) is 9.27. The Labute approximate surface area is 102 Å². The van der Waals surface area contributed by atoms with Gasteiger partial charge in [-0.1, -0.05) is 0 Å². The lowest BCUT2D eigenvalue weighted by Crippen LogP contribution is -2.54. The first kappa shape index (κ1) is 12.3. The third kappa shape index (κ3) is 2.96. The Balaban J connectivity index is 2.20. The molecule has 0 saturated carbocycles. The fourth-order valence-electron chi connectivity index (χ4n) is 2.26. The van der Waals surface area contributed by atoms with Gasteiger partial charge in [-0.3, -0.25) is 0 Å². The highest BCUT2D eigenvalue weighted by molar-refractivity contribution is 5.41. The zero-order chi connectivity index (χ0) is 12.5. The summed E-state index contributed by atoms with van der Waals surface area (Å²) < 4.78 is 5.79. The van der Waals surface area contributed by atoms with E-state index >= 15 is 0 Å². The van der Waals surface area contributed by atoms with Crippen LogP contribution >= 0.6 is 0 Å². The Kier molecular flexibility index (Phi) is 3.35. The SMILES string of the molecule is Cc1ccnc(N2CC(CO)OC(C)(C)C2)c1. The van der Waals surface area contributed by atoms with Gasteiger partial charge in [0.15, 0.2) is 0 Å². The number of aliphatic hydroxyl groups excluding tert-OH is 1. The molecule has 94 valence electrons. The summed E-state index contributed by atoms with van der Waals surface area (Å²) in [6.45, 7) is 7.66. The predicted molar refractivity (Wildman–Crippen MR) is 67.2 cm³/mol. The summed E-state index contributed by atoms with van der Waals surface area (Å²) in [4.78, 5) is 6.56. The van der Waals surface area contributed by atoms with Crippen molar-refractivity contribution in [3.05, 3.63) is 23.9 Å². The fraction of sp³-hybridized carbons (Fsp3) is 0.615. The van der Waals surface area contributed by atoms with E-state index in [1.165, 1.54) is 5.56 Å². The Morgan fingerprint density at radius 2 is 2.35 bits per heavy atom. The number of aromatic nitrogens is 1. The molecule has 0 bridgehead atoms. The maximum absolute atomic E-state index is 9.27. The van der Waals surface area contributed by atoms with Crippen molar-refractivity contribution < 1.29 is 9.84 Å². The van der Waals surface area contributed by atoms with E-state index in [9.17, 15) is 5.11 Å². The molecule has 17 heavy (non-hydrogen) atoms. The number of hydrogen-bond acceptors (Lipinski definition) is 4. The lowest BCUT2D eigenvalue weighted by molar-refractivity contribution is -0.101. The molecule has 2 heterocycles. The maximum atomic E-state index is 9.27. The van der Waals surface area contributed by atoms with Crippen LogP contribution in [0.4, 0.5) is 5.82 Å². The van der Waals surface area contributed by atoms with Gasteiger partial charge < -0.3 is 14.7 Å². The van der Waals surface area contributed by atoms with Crippen LogP contribution < -0.4 is 4.90 Å². The molecule has 4 heteroatoms. The Morgan fingerprint density at radius 1 is 1.59 bits per heavy atom. The quantitative estimate of drug-likeness (QED) is 0.842. The molecule has 0 radical (unpaired) electrons. The summed E-state index contributed by atoms with van der Waals surface area (Å²) in [6, 6.07) is 4.05. The number of anilines is 1. The second kappa shape index (κ2) is 4.63. The lowest BCUT2D eigenvalue weighted by Gasteiger charge is -2.42. The van der Waals surface area contributed by atoms with E-state index in [0.29, 0.717) is 6.54 Å². The first-order valence-corrected chi connectivity index (χ1v) is 5.96. The van der Waals surface area contributed by atoms with Gasteiger partial charge in [-0.05, 0) is 38.5 Å². The van der Waals surface area contributed by atoms with E-state index in [1.54, 1.807) is 0 Å². The van der Waals surface area contributed by atoms with Gasteiger partial charge in [0.05, 0.1) is 18.3 Å². The first-order chi connectivity index (χ1) is 8.00. The lowest BCUT2D eigenvalue weighted by atomic mass is 10.1. The van der Waals surface area contributed by atoms with Gasteiger partial charge in [0.2, 0.25) is 0 Å². The van der Waals surface area contributed by atoms with Gasteiger partial charge in [0.1, 0.15) is 5.82 Å². The molecule has 0 amide bonds. The number of aliphatic hydroxyl groups is 1. The highest BCUT2D eigenvalue weighted by Crippen LogP contribution is 2.24. The predicted octanol–water partition coefficient (Wildman–Crippen LogP) is 1.37. The van der Waals surface area contributed by atoms with Gasteiger partial charge in [-0.25, -0.2) is 4.98 Å². The highest BCUT2D eigenvalue weighted by Gasteiger charge is 2.33. The molecule has 1 aliphatic heterocycles. The second-order valence-electron chi connectivity index (χ2n) is 5.25. The summed E-state index contributed by atoms with van der Waals surface area (Å²) >= 11 is 0. The van der Waals surface area contributed by atoms with Crippen LogP contribution in [0.3, 0.4) is 0 Å². The summed E-state index contributed by atoms with van der Waals surface area (Å²) in [5.74, 6) is 0.958. The molecule has 0 aromatic carbocycles. The molecule has 2 rings (SSSR count). The Bertz CT molecular complexity index is 393. The third-order valence-corrected chi connectivity index (χ3v) is 2.91. The fourth-order valence-corrected chi connectivity index (χ4v) is 2.26. The minimum atomic E-state index is -0.253. The van der Waals surface area contributed by atoms with Crippen LogP contribution in [0.25, 0.3) is 0 Å². The van der Waals surface area contributed by atoms with Crippen molar-refractivity contribution in [3.63, 3.8) is 0 Å². The molecule has 1 unspecified atom stereocenters. The summed E-state index contributed by atoms with van der Waals surface area (Å²) in [6.07, 6.45) is 1.68. The monoisotopic (exact) mass is 236 g/mol. The van der Waals surface area contributed by atoms with Crippen LogP contribution in [0, 0.1) is 6.92 Å². The largest absolute Gasteiger partial charge is 0.394 e. The van der Waals surface area contributed by atoms with E-state index in [-0.39, 0.29) is 18.3 Å². The number of pyridine rings is 1. The van der Waals surface area contributed by atoms with Crippen molar-refractivity contribution in [2.24, 2.45) is 0 Å². The molecule has 4 nitrogen and oxygen atoms in total. The molecular formula is C13H20N2O2. The molecule has 1 fully saturated rings. The molecule has 1 aromatic heterocycles. The zero-order valence-electron chi connectivity index (χ0n) is 10.7. The molecule has 1 aliphatic rings. The zero-order valence-corrected chi connectivity index (χ0v) is 10.7. The van der Waals surface area contributed by atoms with E-state index in [2.05, 4.69) is 22.9 Å². The number of rotatable bonds is 2. The third-order valence-electron chi connectivity index (χ3n) is 2.91. The Morgan fingerprint density at radius 3 is 3.00 bits per heavy atom. The normalized spacial score (nSPS) is 23.8. The van der Waals surface area contributed by atoms with Gasteiger partial charge >= 0.3 is 0 Å². The highest BCUT2D eigenvalue weighted by atomic mass is 16.5. The van der Waals surface area contributed by atoms with E-state index in [1.807, 2.05) is 26.1 Å². The number of nitrogens with zero attached hydrogens (tertiary/aromatic N) is 2. The number of ether oxygens (including phenoxy) is 1. The van der Waals surface area contributed by atoms with Crippen molar-refractivity contribution in [2.45, 2.75) is 32.5 Å². The van der Waals surface area contributed by atoms with Crippen molar-refractivity contribution in [1.29, 1.82) is 0 Å². The van der Waals surface area contributed by atoms with Crippen LogP contribution in [0.2, 0.25) is 0 Å². The van der Waals surface area contributed by atoms with Crippen molar-refractivity contribution in [3.8, 4) is 0 Å². The van der Waals surface area contributed by atoms with Crippen molar-refractivity contribution in [2.75, 3.05) is 24.6 Å². The number of aryl methyl sites for hydroxylation is 1. The molecule has 0 aliphatic carbocycles. The van der Waals surface area contributed by atoms with Gasteiger partial charge in [0.25, 0.3) is 0 Å². The van der Waals surface area contributed by atoms with Crippen molar-refractivity contribution >= 4 is 5.82 Å². The maximum Gasteiger partial charge on any atom is 0.128 e. The van der Waals surface area contributed by atoms with E-state index in [0.717, 1.165) is 12.4 Å². The minimum Gasteiger partial charge on any atom is -0.394 e. The van der Waals surface area contributed by atoms with Gasteiger partial charge in [-0.2, -0.15) is 0 Å². The van der Waals surface area contributed by atoms with Crippen LogP contribution in [-0.4, -0.2) is 41.5 Å². The topological polar surface area (TPSA) is 45.6 Å². The van der Waals surface area contributed by atoms with Crippen LogP contribution in [0.15, 0.2) is 18.3 Å². The minimum absolute atomic E-state index is 0.0474. The molecular weight excluding hydrogens is 216 g/mol. The van der Waals surface area contributed by atoms with Crippen LogP contribution in [0.1, 0.15) is 19.4 Å². The van der Waals surface area contributed by atoms with Crippen molar-refractivity contribution in [1.82, 2.24) is 4.98 Å². The van der Waals surface area contributed by atoms with Crippen LogP contribution in [0.5, 0.6) is 0 Å². The summed E-state index contributed by atoms with van der Waals surface area (Å²) in [5.41, 5.74) is 0.941. The molecule has 1 saturated heterocycles.